The first-order valence-electron chi connectivity index (χ1n) is 20.7. The number of carbonyl (C=O) groups is 4. The van der Waals surface area contributed by atoms with E-state index in [0.29, 0.717) is 65.2 Å². The lowest BCUT2D eigenvalue weighted by atomic mass is 10.0. The Labute approximate surface area is 345 Å². The fourth-order valence-electron chi connectivity index (χ4n) is 8.68. The largest absolute Gasteiger partial charge is 0.484 e. The van der Waals surface area contributed by atoms with E-state index in [1.807, 2.05) is 48.7 Å². The average molecular weight is 845 g/mol. The van der Waals surface area contributed by atoms with Crippen LogP contribution in [0.5, 0.6) is 5.75 Å². The van der Waals surface area contributed by atoms with E-state index < -0.39 is 68.7 Å². The summed E-state index contributed by atoms with van der Waals surface area (Å²) in [6.07, 6.45) is 10.1. The Morgan fingerprint density at radius 2 is 1.81 bits per heavy atom. The van der Waals surface area contributed by atoms with E-state index in [1.165, 1.54) is 16.2 Å². The Hall–Kier alpha value is -5.03. The van der Waals surface area contributed by atoms with Crippen LogP contribution in [0, 0.1) is 12.8 Å². The highest BCUT2D eigenvalue weighted by Gasteiger charge is 2.62. The maximum atomic E-state index is 14.7. The van der Waals surface area contributed by atoms with Crippen LogP contribution >= 0.6 is 11.3 Å². The number of hydrogen-bond acceptors (Lipinski definition) is 12. The molecule has 9 rings (SSSR count). The van der Waals surface area contributed by atoms with Crippen LogP contribution in [0.25, 0.3) is 32.8 Å². The molecule has 0 radical (unpaired) electrons. The van der Waals surface area contributed by atoms with Gasteiger partial charge in [0.1, 0.15) is 51.6 Å². The summed E-state index contributed by atoms with van der Waals surface area (Å²) in [7, 11) is -3.91. The molecule has 4 amide bonds. The molecule has 5 heterocycles. The standard InChI is InChI=1S/C42H48N6O9S2/c1-24-23-58-38(43-24)31-20-34(36-35(44-31)29-14-9-10-16-33(29)57-36)55-27-19-32-37(49)46-42(40(51)47-59(53,54)28-17-18-28)21-25(42)11-5-3-2-4-6-15-30(39(50)48(32)22-27)45-41(52)56-26-12-7-8-13-26/h5,9-11,14,16,20,23,25-28,30,32H,2-4,6-8,12-13,15,17-19,21-22H2,1H3,(H,45,52)(H,46,49)(H,47,51)/b11-5-/t25-,27-,30+,32+,42-/m1/s1. The number of allylic oxidation sites excluding steroid dienone is 1. The van der Waals surface area contributed by atoms with E-state index in [1.54, 1.807) is 6.07 Å². The topological polar surface area (TPSA) is 199 Å². The first-order chi connectivity index (χ1) is 28.5. The number of benzene rings is 1. The van der Waals surface area contributed by atoms with Crippen molar-refractivity contribution in [2.45, 2.75) is 125 Å². The zero-order valence-electron chi connectivity index (χ0n) is 32.8. The van der Waals surface area contributed by atoms with Crippen molar-refractivity contribution in [3.63, 3.8) is 0 Å². The number of hydrogen-bond donors (Lipinski definition) is 3. The third-order valence-electron chi connectivity index (χ3n) is 12.1. The number of carbonyl (C=O) groups excluding carboxylic acids is 4. The number of para-hydroxylation sites is 1. The summed E-state index contributed by atoms with van der Waals surface area (Å²) >= 11 is 1.45. The van der Waals surface area contributed by atoms with Gasteiger partial charge in [0.05, 0.1) is 11.8 Å². The highest BCUT2D eigenvalue weighted by atomic mass is 32.2. The molecule has 0 unspecified atom stereocenters. The van der Waals surface area contributed by atoms with Crippen LogP contribution in [0.4, 0.5) is 4.79 Å². The number of furan rings is 1. The van der Waals surface area contributed by atoms with E-state index in [-0.39, 0.29) is 25.5 Å². The summed E-state index contributed by atoms with van der Waals surface area (Å²) in [5.41, 5.74) is 1.49. The van der Waals surface area contributed by atoms with Crippen LogP contribution in [-0.4, -0.2) is 88.7 Å². The number of nitrogens with one attached hydrogen (secondary N) is 3. The monoisotopic (exact) mass is 844 g/mol. The zero-order chi connectivity index (χ0) is 40.9. The fourth-order valence-corrected chi connectivity index (χ4v) is 10.8. The van der Waals surface area contributed by atoms with Gasteiger partial charge in [-0.05, 0) is 83.3 Å². The minimum absolute atomic E-state index is 0.0267. The minimum Gasteiger partial charge on any atom is -0.484 e. The number of fused-ring (bicyclic) bond motifs is 5. The first-order valence-corrected chi connectivity index (χ1v) is 23.1. The molecule has 1 saturated heterocycles. The predicted octanol–water partition coefficient (Wildman–Crippen LogP) is 5.80. The van der Waals surface area contributed by atoms with Gasteiger partial charge in [0.15, 0.2) is 11.3 Å². The summed E-state index contributed by atoms with van der Waals surface area (Å²) in [5, 5.41) is 8.52. The van der Waals surface area contributed by atoms with E-state index in [9.17, 15) is 27.6 Å². The molecule has 1 aromatic carbocycles. The number of amides is 4. The molecule has 3 N–H and O–H groups in total. The van der Waals surface area contributed by atoms with Gasteiger partial charge in [-0.25, -0.2) is 23.2 Å². The van der Waals surface area contributed by atoms with Gasteiger partial charge in [-0.2, -0.15) is 0 Å². The third-order valence-corrected chi connectivity index (χ3v) is 14.9. The molecule has 5 aliphatic rings. The molecule has 0 spiro atoms. The van der Waals surface area contributed by atoms with Crippen molar-refractivity contribution in [2.75, 3.05) is 6.54 Å². The molecular weight excluding hydrogens is 797 g/mol. The molecule has 4 aromatic rings. The Bertz CT molecular complexity index is 2440. The van der Waals surface area contributed by atoms with Crippen molar-refractivity contribution in [1.82, 2.24) is 30.2 Å². The number of aromatic nitrogens is 2. The maximum absolute atomic E-state index is 14.7. The van der Waals surface area contributed by atoms with Crippen LogP contribution in [0.15, 0.2) is 52.3 Å². The first kappa shape index (κ1) is 39.4. The van der Waals surface area contributed by atoms with Crippen LogP contribution < -0.4 is 20.1 Å². The molecule has 4 fully saturated rings. The van der Waals surface area contributed by atoms with Crippen molar-refractivity contribution >= 4 is 67.2 Å². The number of pyridine rings is 1. The van der Waals surface area contributed by atoms with Gasteiger partial charge in [0.2, 0.25) is 21.8 Å². The van der Waals surface area contributed by atoms with Crippen LogP contribution in [0.2, 0.25) is 0 Å². The second kappa shape index (κ2) is 15.9. The van der Waals surface area contributed by atoms with Gasteiger partial charge in [-0.3, -0.25) is 19.1 Å². The van der Waals surface area contributed by atoms with Crippen LogP contribution in [-0.2, 0) is 29.1 Å². The van der Waals surface area contributed by atoms with Crippen LogP contribution in [0.3, 0.4) is 0 Å². The summed E-state index contributed by atoms with van der Waals surface area (Å²) in [6.45, 7) is 1.88. The number of rotatable bonds is 8. The highest BCUT2D eigenvalue weighted by molar-refractivity contribution is 7.91. The van der Waals surface area contributed by atoms with Crippen molar-refractivity contribution in [1.29, 1.82) is 0 Å². The fraction of sp³-hybridized carbons (Fsp3) is 0.524. The lowest BCUT2D eigenvalue weighted by Gasteiger charge is -2.30. The molecule has 2 aliphatic heterocycles. The Morgan fingerprint density at radius 1 is 1.02 bits per heavy atom. The van der Waals surface area contributed by atoms with Crippen molar-refractivity contribution in [3.05, 3.63) is 53.6 Å². The summed E-state index contributed by atoms with van der Waals surface area (Å²) in [5.74, 6) is -1.96. The maximum Gasteiger partial charge on any atom is 0.408 e. The van der Waals surface area contributed by atoms with Crippen LogP contribution in [0.1, 0.15) is 89.2 Å². The van der Waals surface area contributed by atoms with Crippen molar-refractivity contribution in [3.8, 4) is 16.5 Å². The van der Waals surface area contributed by atoms with E-state index in [0.717, 1.165) is 49.6 Å². The third kappa shape index (κ3) is 8.15. The van der Waals surface area contributed by atoms with Gasteiger partial charge < -0.3 is 29.4 Å². The number of ether oxygens (including phenoxy) is 2. The van der Waals surface area contributed by atoms with Gasteiger partial charge >= 0.3 is 6.09 Å². The number of alkyl carbamates (subject to hydrolysis) is 1. The van der Waals surface area contributed by atoms with E-state index >= 15 is 0 Å². The van der Waals surface area contributed by atoms with Crippen molar-refractivity contribution < 1.29 is 41.5 Å². The smallest absolute Gasteiger partial charge is 0.408 e. The summed E-state index contributed by atoms with van der Waals surface area (Å²) in [4.78, 5) is 67.4. The summed E-state index contributed by atoms with van der Waals surface area (Å²) in [6, 6.07) is 7.16. The zero-order valence-corrected chi connectivity index (χ0v) is 34.4. The normalized spacial score (nSPS) is 27.3. The minimum atomic E-state index is -3.91. The molecule has 17 heteroatoms. The lowest BCUT2D eigenvalue weighted by Crippen LogP contribution is -2.58. The Morgan fingerprint density at radius 3 is 2.59 bits per heavy atom. The molecule has 5 atom stereocenters. The number of sulfonamides is 1. The molecule has 59 heavy (non-hydrogen) atoms. The Kier molecular flexibility index (Phi) is 10.6. The SMILES string of the molecule is Cc1csc(-c2cc(O[C@@H]3C[C@H]4C(=O)N[C@]5(C(=O)NS(=O)(=O)C6CC6)C[C@H]5/C=C\CCCCC[C@H](NC(=O)OC5CCCC5)C(=O)N4C3)c3oc4ccccc4c3n2)n1. The molecule has 3 aromatic heterocycles. The second-order valence-corrected chi connectivity index (χ2v) is 19.4. The molecule has 3 aliphatic carbocycles. The molecular formula is C42H48N6O9S2. The predicted molar refractivity (Wildman–Crippen MR) is 219 cm³/mol. The van der Waals surface area contributed by atoms with Gasteiger partial charge in [-0.15, -0.1) is 11.3 Å². The van der Waals surface area contributed by atoms with Crippen molar-refractivity contribution in [2.24, 2.45) is 5.92 Å². The summed E-state index contributed by atoms with van der Waals surface area (Å²) < 4.78 is 46.9. The lowest BCUT2D eigenvalue weighted by molar-refractivity contribution is -0.141. The molecule has 15 nitrogen and oxygen atoms in total. The molecule has 312 valence electrons. The number of aryl methyl sites for hydroxylation is 1. The van der Waals surface area contributed by atoms with Gasteiger partial charge in [-0.1, -0.05) is 37.1 Å². The number of nitrogens with zero attached hydrogens (tertiary/aromatic N) is 3. The average Bonchev–Trinajstić information content (AvgIpc) is 3.89. The highest BCUT2D eigenvalue weighted by Crippen LogP contribution is 2.46. The molecule has 3 saturated carbocycles. The second-order valence-electron chi connectivity index (χ2n) is 16.6. The number of thiazole rings is 1. The molecule has 0 bridgehead atoms. The van der Waals surface area contributed by atoms with E-state index in [4.69, 9.17) is 18.9 Å². The quantitative estimate of drug-likeness (QED) is 0.181. The van der Waals surface area contributed by atoms with E-state index in [2.05, 4.69) is 20.3 Å². The van der Waals surface area contributed by atoms with Gasteiger partial charge in [0, 0.05) is 34.9 Å². The Balaban J connectivity index is 1.05. The van der Waals surface area contributed by atoms with Gasteiger partial charge in [0.25, 0.3) is 5.91 Å².